The van der Waals surface area contributed by atoms with Crippen LogP contribution in [0.5, 0.6) is 0 Å². The number of carbonyl (C=O) groups excluding carboxylic acids is 1. The van der Waals surface area contributed by atoms with Gasteiger partial charge in [0, 0.05) is 18.5 Å². The molecule has 0 spiro atoms. The van der Waals surface area contributed by atoms with Gasteiger partial charge >= 0.3 is 0 Å². The quantitative estimate of drug-likeness (QED) is 0.916. The van der Waals surface area contributed by atoms with Crippen molar-refractivity contribution in [3.05, 3.63) is 35.6 Å². The van der Waals surface area contributed by atoms with E-state index in [-0.39, 0.29) is 18.8 Å². The van der Waals surface area contributed by atoms with Gasteiger partial charge in [0.15, 0.2) is 5.76 Å². The number of furan rings is 1. The molecule has 1 heterocycles. The number of halogens is 2. The van der Waals surface area contributed by atoms with E-state index in [9.17, 15) is 13.6 Å². The number of nitrogens with two attached hydrogens (primary N) is 1. The van der Waals surface area contributed by atoms with Crippen LogP contribution in [0.25, 0.3) is 11.0 Å². The number of alkyl halides is 2. The Balaban J connectivity index is 2.28. The van der Waals surface area contributed by atoms with Gasteiger partial charge in [0.05, 0.1) is 6.54 Å². The Labute approximate surface area is 115 Å². The first-order valence-corrected chi connectivity index (χ1v) is 6.29. The second kappa shape index (κ2) is 6.00. The van der Waals surface area contributed by atoms with Gasteiger partial charge in [-0.15, -0.1) is 0 Å². The molecule has 20 heavy (non-hydrogen) atoms. The zero-order valence-corrected chi connectivity index (χ0v) is 11.1. The normalized spacial score (nSPS) is 11.2. The van der Waals surface area contributed by atoms with E-state index >= 15 is 0 Å². The van der Waals surface area contributed by atoms with Crippen LogP contribution in [-0.2, 0) is 0 Å². The molecule has 2 aromatic rings. The molecule has 0 saturated carbocycles. The fourth-order valence-electron chi connectivity index (χ4n) is 2.02. The fourth-order valence-corrected chi connectivity index (χ4v) is 2.02. The minimum atomic E-state index is -2.60. The summed E-state index contributed by atoms with van der Waals surface area (Å²) < 4.78 is 30.4. The number of hydrogen-bond donors (Lipinski definition) is 1. The maximum Gasteiger partial charge on any atom is 0.289 e. The largest absolute Gasteiger partial charge is 0.451 e. The minimum Gasteiger partial charge on any atom is -0.451 e. The second-order valence-corrected chi connectivity index (χ2v) is 4.58. The Hall–Kier alpha value is -1.95. The van der Waals surface area contributed by atoms with Gasteiger partial charge in [0.1, 0.15) is 5.58 Å². The van der Waals surface area contributed by atoms with E-state index in [0.717, 1.165) is 15.8 Å². The summed E-state index contributed by atoms with van der Waals surface area (Å²) in [6, 6.07) is 7.05. The average molecular weight is 282 g/mol. The maximum absolute atomic E-state index is 12.5. The highest BCUT2D eigenvalue weighted by molar-refractivity contribution is 5.96. The number of aryl methyl sites for hydroxylation is 1. The van der Waals surface area contributed by atoms with Gasteiger partial charge < -0.3 is 15.1 Å². The lowest BCUT2D eigenvalue weighted by molar-refractivity contribution is 0.0538. The van der Waals surface area contributed by atoms with Crippen molar-refractivity contribution < 1.29 is 18.0 Å². The van der Waals surface area contributed by atoms with Crippen LogP contribution in [0.3, 0.4) is 0 Å². The van der Waals surface area contributed by atoms with Crippen LogP contribution in [0.15, 0.2) is 28.7 Å². The highest BCUT2D eigenvalue weighted by Crippen LogP contribution is 2.21. The number of benzene rings is 1. The van der Waals surface area contributed by atoms with Gasteiger partial charge in [-0.05, 0) is 25.1 Å². The van der Waals surface area contributed by atoms with E-state index in [2.05, 4.69) is 0 Å². The molecule has 0 aliphatic rings. The van der Waals surface area contributed by atoms with E-state index in [1.165, 1.54) is 0 Å². The summed E-state index contributed by atoms with van der Waals surface area (Å²) in [6.45, 7) is 1.47. The summed E-state index contributed by atoms with van der Waals surface area (Å²) in [5.74, 6) is -0.510. The van der Waals surface area contributed by atoms with Crippen molar-refractivity contribution in [1.82, 2.24) is 4.90 Å². The summed E-state index contributed by atoms with van der Waals surface area (Å²) in [5.41, 5.74) is 6.94. The Morgan fingerprint density at radius 2 is 2.15 bits per heavy atom. The third kappa shape index (κ3) is 3.14. The molecule has 0 unspecified atom stereocenters. The maximum atomic E-state index is 12.5. The standard InChI is InChI=1S/C14H16F2N2O2/c1-9-2-3-11-10(6-9)7-12(20-11)14(19)18(5-4-17)8-13(15)16/h2-3,6-7,13H,4-5,8,17H2,1H3. The molecular weight excluding hydrogens is 266 g/mol. The molecule has 1 amide bonds. The van der Waals surface area contributed by atoms with Crippen molar-refractivity contribution in [2.24, 2.45) is 5.73 Å². The Bertz CT molecular complexity index is 610. The zero-order valence-electron chi connectivity index (χ0n) is 11.1. The SMILES string of the molecule is Cc1ccc2oc(C(=O)N(CCN)CC(F)F)cc2c1. The van der Waals surface area contributed by atoms with Gasteiger partial charge in [-0.3, -0.25) is 4.79 Å². The third-order valence-corrected chi connectivity index (χ3v) is 2.93. The van der Waals surface area contributed by atoms with Crippen molar-refractivity contribution in [3.63, 3.8) is 0 Å². The minimum absolute atomic E-state index is 0.0553. The fraction of sp³-hybridized carbons (Fsp3) is 0.357. The predicted octanol–water partition coefficient (Wildman–Crippen LogP) is 2.41. The summed E-state index contributed by atoms with van der Waals surface area (Å²) in [6.07, 6.45) is -2.60. The third-order valence-electron chi connectivity index (χ3n) is 2.93. The molecule has 4 nitrogen and oxygen atoms in total. The smallest absolute Gasteiger partial charge is 0.289 e. The molecule has 0 fully saturated rings. The highest BCUT2D eigenvalue weighted by atomic mass is 19.3. The lowest BCUT2D eigenvalue weighted by Gasteiger charge is -2.20. The van der Waals surface area contributed by atoms with Gasteiger partial charge in [0.25, 0.3) is 12.3 Å². The predicted molar refractivity (Wildman–Crippen MR) is 71.9 cm³/mol. The Morgan fingerprint density at radius 1 is 1.40 bits per heavy atom. The van der Waals surface area contributed by atoms with Crippen LogP contribution in [0, 0.1) is 6.92 Å². The molecule has 0 aliphatic carbocycles. The number of hydrogen-bond acceptors (Lipinski definition) is 3. The topological polar surface area (TPSA) is 59.5 Å². The number of fused-ring (bicyclic) bond motifs is 1. The van der Waals surface area contributed by atoms with E-state index < -0.39 is 18.9 Å². The molecule has 0 atom stereocenters. The molecule has 0 aliphatic heterocycles. The van der Waals surface area contributed by atoms with Crippen molar-refractivity contribution in [2.45, 2.75) is 13.3 Å². The van der Waals surface area contributed by atoms with Crippen LogP contribution in [0.4, 0.5) is 8.78 Å². The average Bonchev–Trinajstić information content (AvgIpc) is 2.79. The molecule has 0 saturated heterocycles. The van der Waals surface area contributed by atoms with Gasteiger partial charge in [-0.25, -0.2) is 8.78 Å². The first kappa shape index (κ1) is 14.5. The summed E-state index contributed by atoms with van der Waals surface area (Å²) in [4.78, 5) is 13.2. The first-order chi connectivity index (χ1) is 9.51. The highest BCUT2D eigenvalue weighted by Gasteiger charge is 2.22. The second-order valence-electron chi connectivity index (χ2n) is 4.58. The van der Waals surface area contributed by atoms with Crippen molar-refractivity contribution >= 4 is 16.9 Å². The molecule has 2 N–H and O–H groups in total. The molecule has 1 aromatic heterocycles. The van der Waals surface area contributed by atoms with E-state index in [0.29, 0.717) is 5.58 Å². The number of nitrogens with zero attached hydrogens (tertiary/aromatic N) is 1. The Morgan fingerprint density at radius 3 is 2.80 bits per heavy atom. The zero-order chi connectivity index (χ0) is 14.7. The number of carbonyl (C=O) groups is 1. The van der Waals surface area contributed by atoms with Crippen LogP contribution < -0.4 is 5.73 Å². The van der Waals surface area contributed by atoms with Crippen LogP contribution >= 0.6 is 0 Å². The number of amides is 1. The van der Waals surface area contributed by atoms with Crippen LogP contribution in [0.2, 0.25) is 0 Å². The summed E-state index contributed by atoms with van der Waals surface area (Å²) in [7, 11) is 0. The van der Waals surface area contributed by atoms with Crippen molar-refractivity contribution in [1.29, 1.82) is 0 Å². The molecule has 2 rings (SSSR count). The molecule has 0 radical (unpaired) electrons. The van der Waals surface area contributed by atoms with Crippen molar-refractivity contribution in [3.8, 4) is 0 Å². The number of rotatable bonds is 5. The van der Waals surface area contributed by atoms with Crippen molar-refractivity contribution in [2.75, 3.05) is 19.6 Å². The molecular formula is C14H16F2N2O2. The first-order valence-electron chi connectivity index (χ1n) is 6.29. The summed E-state index contributed by atoms with van der Waals surface area (Å²) in [5, 5.41) is 0.776. The van der Waals surface area contributed by atoms with Gasteiger partial charge in [-0.1, -0.05) is 11.6 Å². The van der Waals surface area contributed by atoms with E-state index in [1.54, 1.807) is 12.1 Å². The van der Waals surface area contributed by atoms with Gasteiger partial charge in [0.2, 0.25) is 0 Å². The molecule has 6 heteroatoms. The lowest BCUT2D eigenvalue weighted by Crippen LogP contribution is -2.38. The monoisotopic (exact) mass is 282 g/mol. The molecule has 0 bridgehead atoms. The lowest BCUT2D eigenvalue weighted by atomic mass is 10.2. The van der Waals surface area contributed by atoms with E-state index in [4.69, 9.17) is 10.2 Å². The van der Waals surface area contributed by atoms with Crippen LogP contribution in [-0.4, -0.2) is 36.9 Å². The van der Waals surface area contributed by atoms with E-state index in [1.807, 2.05) is 19.1 Å². The van der Waals surface area contributed by atoms with Crippen LogP contribution in [0.1, 0.15) is 16.1 Å². The summed E-state index contributed by atoms with van der Waals surface area (Å²) >= 11 is 0. The Kier molecular flexibility index (Phi) is 4.34. The van der Waals surface area contributed by atoms with Gasteiger partial charge in [-0.2, -0.15) is 0 Å². The molecule has 1 aromatic carbocycles. The molecule has 108 valence electrons.